The van der Waals surface area contributed by atoms with Crippen LogP contribution in [0.1, 0.15) is 15.9 Å². The van der Waals surface area contributed by atoms with Crippen molar-refractivity contribution in [1.82, 2.24) is 0 Å². The monoisotopic (exact) mass is 358 g/mol. The Morgan fingerprint density at radius 1 is 1.30 bits per heavy atom. The highest BCUT2D eigenvalue weighted by molar-refractivity contribution is 9.10. The fourth-order valence-electron chi connectivity index (χ4n) is 1.53. The standard InChI is InChI=1S/C14H9BrClFO3/c15-9-2-1-8(12(17)5-9)7-20-14(19)11-6-10(16)3-4-13(11)18/h1-6,18H,7H2. The smallest absolute Gasteiger partial charge is 0.342 e. The van der Waals surface area contributed by atoms with Gasteiger partial charge in [0.1, 0.15) is 23.7 Å². The first-order valence-electron chi connectivity index (χ1n) is 5.57. The van der Waals surface area contributed by atoms with E-state index in [0.29, 0.717) is 9.50 Å². The Morgan fingerprint density at radius 2 is 2.05 bits per heavy atom. The van der Waals surface area contributed by atoms with Crippen molar-refractivity contribution in [1.29, 1.82) is 0 Å². The molecule has 0 aliphatic rings. The molecule has 104 valence electrons. The summed E-state index contributed by atoms with van der Waals surface area (Å²) in [4.78, 5) is 11.8. The lowest BCUT2D eigenvalue weighted by Crippen LogP contribution is -2.06. The third-order valence-corrected chi connectivity index (χ3v) is 3.28. The first-order valence-corrected chi connectivity index (χ1v) is 6.74. The molecule has 0 amide bonds. The van der Waals surface area contributed by atoms with E-state index in [2.05, 4.69) is 15.9 Å². The van der Waals surface area contributed by atoms with Gasteiger partial charge in [-0.05, 0) is 30.3 Å². The van der Waals surface area contributed by atoms with E-state index in [9.17, 15) is 14.3 Å². The molecule has 20 heavy (non-hydrogen) atoms. The summed E-state index contributed by atoms with van der Waals surface area (Å²) in [6.45, 7) is -0.232. The third-order valence-electron chi connectivity index (χ3n) is 2.55. The SMILES string of the molecule is O=C(OCc1ccc(Br)cc1F)c1cc(Cl)ccc1O. The zero-order chi connectivity index (χ0) is 14.7. The first kappa shape index (κ1) is 14.8. The van der Waals surface area contributed by atoms with E-state index in [-0.39, 0.29) is 23.5 Å². The summed E-state index contributed by atoms with van der Waals surface area (Å²) in [6.07, 6.45) is 0. The summed E-state index contributed by atoms with van der Waals surface area (Å²) in [5.74, 6) is -1.49. The summed E-state index contributed by atoms with van der Waals surface area (Å²) in [5, 5.41) is 9.85. The summed E-state index contributed by atoms with van der Waals surface area (Å²) in [5.41, 5.74) is 0.179. The molecule has 0 heterocycles. The normalized spacial score (nSPS) is 10.3. The molecule has 0 aliphatic heterocycles. The van der Waals surface area contributed by atoms with Crippen LogP contribution in [0, 0.1) is 5.82 Å². The minimum Gasteiger partial charge on any atom is -0.507 e. The van der Waals surface area contributed by atoms with Crippen LogP contribution < -0.4 is 0 Å². The molecule has 0 saturated heterocycles. The van der Waals surface area contributed by atoms with Gasteiger partial charge in [0.05, 0.1) is 0 Å². The maximum atomic E-state index is 13.6. The number of phenols is 1. The molecule has 0 bridgehead atoms. The van der Waals surface area contributed by atoms with E-state index in [0.717, 1.165) is 0 Å². The van der Waals surface area contributed by atoms with Gasteiger partial charge >= 0.3 is 5.97 Å². The second kappa shape index (κ2) is 6.24. The van der Waals surface area contributed by atoms with Crippen LogP contribution in [0.5, 0.6) is 5.75 Å². The highest BCUT2D eigenvalue weighted by Gasteiger charge is 2.14. The van der Waals surface area contributed by atoms with E-state index in [1.165, 1.54) is 30.3 Å². The number of carbonyl (C=O) groups is 1. The van der Waals surface area contributed by atoms with E-state index in [4.69, 9.17) is 16.3 Å². The maximum absolute atomic E-state index is 13.6. The molecule has 0 unspecified atom stereocenters. The number of halogens is 3. The Hall–Kier alpha value is -1.59. The largest absolute Gasteiger partial charge is 0.507 e. The summed E-state index contributed by atoms with van der Waals surface area (Å²) in [7, 11) is 0. The number of benzene rings is 2. The molecule has 0 spiro atoms. The molecule has 1 N–H and O–H groups in total. The van der Waals surface area contributed by atoms with Gasteiger partial charge in [0, 0.05) is 15.1 Å². The second-order valence-corrected chi connectivity index (χ2v) is 5.33. The Morgan fingerprint density at radius 3 is 2.75 bits per heavy atom. The van der Waals surface area contributed by atoms with Gasteiger partial charge in [-0.15, -0.1) is 0 Å². The third kappa shape index (κ3) is 3.49. The lowest BCUT2D eigenvalue weighted by Gasteiger charge is -2.07. The van der Waals surface area contributed by atoms with Gasteiger partial charge in [0.15, 0.2) is 0 Å². The minimum atomic E-state index is -0.771. The molecule has 3 nitrogen and oxygen atoms in total. The number of hydrogen-bond donors (Lipinski definition) is 1. The number of phenolic OH excluding ortho intramolecular Hbond substituents is 1. The van der Waals surface area contributed by atoms with Crippen molar-refractivity contribution in [3.8, 4) is 5.75 Å². The predicted molar refractivity (Wildman–Crippen MR) is 76.3 cm³/mol. The van der Waals surface area contributed by atoms with Crippen molar-refractivity contribution >= 4 is 33.5 Å². The van der Waals surface area contributed by atoms with E-state index >= 15 is 0 Å². The average Bonchev–Trinajstić information content (AvgIpc) is 2.40. The van der Waals surface area contributed by atoms with E-state index in [1.807, 2.05) is 0 Å². The fraction of sp³-hybridized carbons (Fsp3) is 0.0714. The molecule has 0 radical (unpaired) electrons. The van der Waals surface area contributed by atoms with Crippen molar-refractivity contribution < 1.29 is 19.0 Å². The molecule has 6 heteroatoms. The van der Waals surface area contributed by atoms with Crippen molar-refractivity contribution in [3.05, 3.63) is 62.8 Å². The molecular formula is C14H9BrClFO3. The number of rotatable bonds is 3. The molecule has 2 aromatic carbocycles. The molecule has 0 fully saturated rings. The van der Waals surface area contributed by atoms with Gasteiger partial charge in [-0.3, -0.25) is 0 Å². The molecular weight excluding hydrogens is 351 g/mol. The molecule has 0 atom stereocenters. The molecule has 0 aromatic heterocycles. The van der Waals surface area contributed by atoms with E-state index in [1.54, 1.807) is 6.07 Å². The van der Waals surface area contributed by atoms with Crippen LogP contribution in [-0.4, -0.2) is 11.1 Å². The minimum absolute atomic E-state index is 0.0602. The van der Waals surface area contributed by atoms with Crippen molar-refractivity contribution in [2.75, 3.05) is 0 Å². The van der Waals surface area contributed by atoms with Crippen LogP contribution in [0.25, 0.3) is 0 Å². The Balaban J connectivity index is 2.10. The molecule has 2 aromatic rings. The number of esters is 1. The summed E-state index contributed by atoms with van der Waals surface area (Å²) in [6, 6.07) is 8.45. The maximum Gasteiger partial charge on any atom is 0.342 e. The van der Waals surface area contributed by atoms with Gasteiger partial charge in [0.25, 0.3) is 0 Å². The van der Waals surface area contributed by atoms with Gasteiger partial charge in [0.2, 0.25) is 0 Å². The van der Waals surface area contributed by atoms with Crippen LogP contribution in [-0.2, 0) is 11.3 Å². The predicted octanol–water partition coefficient (Wildman–Crippen LogP) is 4.30. The van der Waals surface area contributed by atoms with Crippen LogP contribution in [0.2, 0.25) is 5.02 Å². The molecule has 0 saturated carbocycles. The van der Waals surface area contributed by atoms with Crippen LogP contribution in [0.15, 0.2) is 40.9 Å². The average molecular weight is 360 g/mol. The second-order valence-electron chi connectivity index (χ2n) is 3.97. The number of ether oxygens (including phenoxy) is 1. The van der Waals surface area contributed by atoms with E-state index < -0.39 is 11.8 Å². The summed E-state index contributed by atoms with van der Waals surface area (Å²) >= 11 is 8.87. The van der Waals surface area contributed by atoms with Gasteiger partial charge in [-0.2, -0.15) is 0 Å². The lowest BCUT2D eigenvalue weighted by atomic mass is 10.2. The van der Waals surface area contributed by atoms with Crippen molar-refractivity contribution in [2.24, 2.45) is 0 Å². The van der Waals surface area contributed by atoms with Crippen molar-refractivity contribution in [3.63, 3.8) is 0 Å². The highest BCUT2D eigenvalue weighted by atomic mass is 79.9. The molecule has 2 rings (SSSR count). The van der Waals surface area contributed by atoms with Crippen molar-refractivity contribution in [2.45, 2.75) is 6.61 Å². The van der Waals surface area contributed by atoms with Crippen LogP contribution in [0.3, 0.4) is 0 Å². The number of aromatic hydroxyl groups is 1. The Bertz CT molecular complexity index is 661. The fourth-order valence-corrected chi connectivity index (χ4v) is 2.04. The zero-order valence-electron chi connectivity index (χ0n) is 10.1. The van der Waals surface area contributed by atoms with Gasteiger partial charge in [-0.1, -0.05) is 33.6 Å². The van der Waals surface area contributed by atoms with Gasteiger partial charge in [-0.25, -0.2) is 9.18 Å². The number of hydrogen-bond acceptors (Lipinski definition) is 3. The lowest BCUT2D eigenvalue weighted by molar-refractivity contribution is 0.0465. The quantitative estimate of drug-likeness (QED) is 0.831. The Kier molecular flexibility index (Phi) is 4.62. The van der Waals surface area contributed by atoms with Crippen LogP contribution in [0.4, 0.5) is 4.39 Å². The van der Waals surface area contributed by atoms with Crippen LogP contribution >= 0.6 is 27.5 Å². The zero-order valence-corrected chi connectivity index (χ0v) is 12.4. The van der Waals surface area contributed by atoms with Gasteiger partial charge < -0.3 is 9.84 Å². The molecule has 0 aliphatic carbocycles. The highest BCUT2D eigenvalue weighted by Crippen LogP contribution is 2.23. The first-order chi connectivity index (χ1) is 9.47. The Labute approximate surface area is 128 Å². The summed E-state index contributed by atoms with van der Waals surface area (Å²) < 4.78 is 19.1. The topological polar surface area (TPSA) is 46.5 Å². The number of carbonyl (C=O) groups excluding carboxylic acids is 1.